The zero-order valence-electron chi connectivity index (χ0n) is 12.0. The zero-order valence-corrected chi connectivity index (χ0v) is 12.8. The van der Waals surface area contributed by atoms with Crippen LogP contribution in [0.2, 0.25) is 5.02 Å². The number of fused-ring (bicyclic) bond motifs is 2. The number of nitrogens with two attached hydrogens (primary N) is 1. The molecule has 2 aliphatic rings. The van der Waals surface area contributed by atoms with E-state index in [2.05, 4.69) is 15.6 Å². The van der Waals surface area contributed by atoms with E-state index in [0.29, 0.717) is 23.8 Å². The van der Waals surface area contributed by atoms with Crippen LogP contribution in [0.4, 0.5) is 16.2 Å². The molecule has 1 aromatic rings. The number of halogens is 1. The molecule has 1 atom stereocenters. The van der Waals surface area contributed by atoms with Gasteiger partial charge in [-0.05, 0) is 24.1 Å². The first-order chi connectivity index (χ1) is 10.5. The van der Waals surface area contributed by atoms with E-state index < -0.39 is 18.1 Å². The number of urea groups is 1. The maximum absolute atomic E-state index is 12.0. The average molecular weight is 322 g/mol. The van der Waals surface area contributed by atoms with Crippen LogP contribution in [-0.4, -0.2) is 36.9 Å². The van der Waals surface area contributed by atoms with Crippen molar-refractivity contribution < 1.29 is 9.59 Å². The fourth-order valence-corrected chi connectivity index (χ4v) is 2.99. The van der Waals surface area contributed by atoms with Gasteiger partial charge in [-0.3, -0.25) is 10.1 Å². The first-order valence-corrected chi connectivity index (χ1v) is 7.42. The van der Waals surface area contributed by atoms with Crippen molar-refractivity contribution in [2.24, 2.45) is 10.7 Å². The average Bonchev–Trinajstić information content (AvgIpc) is 2.47. The van der Waals surface area contributed by atoms with Gasteiger partial charge in [0.15, 0.2) is 6.17 Å². The first kappa shape index (κ1) is 14.8. The number of carbonyl (C=O) groups excluding carboxylic acids is 2. The number of imide groups is 1. The van der Waals surface area contributed by atoms with E-state index in [9.17, 15) is 9.59 Å². The van der Waals surface area contributed by atoms with Crippen molar-refractivity contribution >= 4 is 40.6 Å². The lowest BCUT2D eigenvalue weighted by Crippen LogP contribution is -2.66. The third kappa shape index (κ3) is 2.32. The minimum absolute atomic E-state index is 0.237. The van der Waals surface area contributed by atoms with Gasteiger partial charge < -0.3 is 16.0 Å². The molecule has 0 radical (unpaired) electrons. The Labute approximate surface area is 132 Å². The quantitative estimate of drug-likeness (QED) is 0.770. The van der Waals surface area contributed by atoms with Gasteiger partial charge in [0.05, 0.1) is 11.4 Å². The molecule has 1 unspecified atom stereocenters. The summed E-state index contributed by atoms with van der Waals surface area (Å²) in [5, 5.41) is 5.52. The number of anilines is 1. The summed E-state index contributed by atoms with van der Waals surface area (Å²) in [4.78, 5) is 29.9. The number of aryl methyl sites for hydroxylation is 1. The van der Waals surface area contributed by atoms with Crippen LogP contribution in [0.15, 0.2) is 17.1 Å². The molecule has 2 aliphatic heterocycles. The molecule has 0 aliphatic carbocycles. The van der Waals surface area contributed by atoms with Crippen LogP contribution in [0.25, 0.3) is 0 Å². The Morgan fingerprint density at radius 1 is 1.41 bits per heavy atom. The van der Waals surface area contributed by atoms with Gasteiger partial charge in [0, 0.05) is 18.1 Å². The number of rotatable bonds is 3. The van der Waals surface area contributed by atoms with E-state index in [1.54, 1.807) is 6.07 Å². The Balaban J connectivity index is 2.15. The third-order valence-corrected chi connectivity index (χ3v) is 4.09. The van der Waals surface area contributed by atoms with Crippen LogP contribution in [0.5, 0.6) is 0 Å². The van der Waals surface area contributed by atoms with Crippen LogP contribution in [0, 0.1) is 0 Å². The Morgan fingerprint density at radius 3 is 2.86 bits per heavy atom. The van der Waals surface area contributed by atoms with E-state index in [1.165, 1.54) is 0 Å². The second-order valence-corrected chi connectivity index (χ2v) is 5.50. The molecular weight excluding hydrogens is 306 g/mol. The summed E-state index contributed by atoms with van der Waals surface area (Å²) < 4.78 is 0. The van der Waals surface area contributed by atoms with Crippen molar-refractivity contribution in [3.05, 3.63) is 22.7 Å². The van der Waals surface area contributed by atoms with Crippen molar-refractivity contribution in [2.75, 3.05) is 18.0 Å². The Morgan fingerprint density at radius 2 is 2.18 bits per heavy atom. The summed E-state index contributed by atoms with van der Waals surface area (Å²) in [6.45, 7) is 2.87. The van der Waals surface area contributed by atoms with Gasteiger partial charge in [-0.15, -0.1) is 0 Å². The van der Waals surface area contributed by atoms with Crippen LogP contribution in [0.3, 0.4) is 0 Å². The van der Waals surface area contributed by atoms with E-state index in [0.717, 1.165) is 17.7 Å². The SMILES string of the molecule is CCc1cc2c(cc1Cl)N=C1C(=O)NC(=O)NC1N2CCN. The highest BCUT2D eigenvalue weighted by molar-refractivity contribution is 6.46. The van der Waals surface area contributed by atoms with E-state index in [-0.39, 0.29) is 5.71 Å². The molecule has 0 saturated carbocycles. The molecule has 3 rings (SSSR count). The maximum atomic E-state index is 12.0. The predicted octanol–water partition coefficient (Wildman–Crippen LogP) is 0.919. The highest BCUT2D eigenvalue weighted by Gasteiger charge is 2.39. The number of amides is 3. The van der Waals surface area contributed by atoms with Crippen molar-refractivity contribution in [1.82, 2.24) is 10.6 Å². The van der Waals surface area contributed by atoms with Gasteiger partial charge in [0.2, 0.25) is 0 Å². The number of hydrogen-bond donors (Lipinski definition) is 3. The lowest BCUT2D eigenvalue weighted by Gasteiger charge is -2.40. The second kappa shape index (κ2) is 5.58. The van der Waals surface area contributed by atoms with Crippen LogP contribution < -0.4 is 21.3 Å². The lowest BCUT2D eigenvalue weighted by atomic mass is 10.0. The molecule has 0 aromatic heterocycles. The zero-order chi connectivity index (χ0) is 15.9. The standard InChI is InChI=1S/C14H16ClN5O2/c1-2-7-5-10-9(6-8(7)15)17-11-12(20(10)4-3-16)18-14(22)19-13(11)21/h5-6,12H,2-4,16H2,1H3,(H2,18,19,21,22). The van der Waals surface area contributed by atoms with Crippen molar-refractivity contribution in [2.45, 2.75) is 19.5 Å². The van der Waals surface area contributed by atoms with Gasteiger partial charge in [-0.25, -0.2) is 9.79 Å². The van der Waals surface area contributed by atoms with Gasteiger partial charge in [0.25, 0.3) is 5.91 Å². The lowest BCUT2D eigenvalue weighted by molar-refractivity contribution is -0.114. The molecule has 4 N–H and O–H groups in total. The second-order valence-electron chi connectivity index (χ2n) is 5.10. The minimum Gasteiger partial charge on any atom is -0.343 e. The molecule has 7 nitrogen and oxygen atoms in total. The molecule has 1 saturated heterocycles. The molecule has 22 heavy (non-hydrogen) atoms. The molecule has 8 heteroatoms. The normalized spacial score (nSPS) is 19.9. The van der Waals surface area contributed by atoms with Crippen LogP contribution in [-0.2, 0) is 11.2 Å². The fraction of sp³-hybridized carbons (Fsp3) is 0.357. The van der Waals surface area contributed by atoms with Gasteiger partial charge >= 0.3 is 6.03 Å². The molecular formula is C14H16ClN5O2. The van der Waals surface area contributed by atoms with Gasteiger partial charge in [0.1, 0.15) is 5.71 Å². The van der Waals surface area contributed by atoms with E-state index in [1.807, 2.05) is 17.9 Å². The molecule has 2 heterocycles. The van der Waals surface area contributed by atoms with E-state index in [4.69, 9.17) is 17.3 Å². The van der Waals surface area contributed by atoms with Crippen molar-refractivity contribution in [1.29, 1.82) is 0 Å². The summed E-state index contributed by atoms with van der Waals surface area (Å²) in [5.74, 6) is -0.503. The predicted molar refractivity (Wildman–Crippen MR) is 84.8 cm³/mol. The first-order valence-electron chi connectivity index (χ1n) is 7.04. The van der Waals surface area contributed by atoms with Crippen molar-refractivity contribution in [3.8, 4) is 0 Å². The Hall–Kier alpha value is -2.12. The summed E-state index contributed by atoms with van der Waals surface area (Å²) in [7, 11) is 0. The maximum Gasteiger partial charge on any atom is 0.323 e. The number of carbonyl (C=O) groups is 2. The molecule has 1 aromatic carbocycles. The molecule has 0 spiro atoms. The number of nitrogens with one attached hydrogen (secondary N) is 2. The number of benzene rings is 1. The largest absolute Gasteiger partial charge is 0.343 e. The van der Waals surface area contributed by atoms with Gasteiger partial charge in [-0.2, -0.15) is 0 Å². The smallest absolute Gasteiger partial charge is 0.323 e. The van der Waals surface area contributed by atoms with Crippen LogP contribution in [0.1, 0.15) is 12.5 Å². The molecule has 116 valence electrons. The van der Waals surface area contributed by atoms with E-state index >= 15 is 0 Å². The molecule has 3 amide bonds. The summed E-state index contributed by atoms with van der Waals surface area (Å²) in [6.07, 6.45) is 0.166. The highest BCUT2D eigenvalue weighted by atomic mass is 35.5. The highest BCUT2D eigenvalue weighted by Crippen LogP contribution is 2.38. The number of nitrogens with zero attached hydrogens (tertiary/aromatic N) is 2. The molecule has 1 fully saturated rings. The van der Waals surface area contributed by atoms with Gasteiger partial charge in [-0.1, -0.05) is 18.5 Å². The summed E-state index contributed by atoms with van der Waals surface area (Å²) >= 11 is 6.24. The third-order valence-electron chi connectivity index (χ3n) is 3.74. The number of aliphatic imine (C=N–C) groups is 1. The summed E-state index contributed by atoms with van der Waals surface area (Å²) in [5.41, 5.74) is 8.32. The van der Waals surface area contributed by atoms with Crippen molar-refractivity contribution in [3.63, 3.8) is 0 Å². The molecule has 0 bridgehead atoms. The monoisotopic (exact) mass is 321 g/mol. The number of hydrogen-bond acceptors (Lipinski definition) is 5. The Bertz CT molecular complexity index is 688. The van der Waals surface area contributed by atoms with Crippen LogP contribution >= 0.6 is 11.6 Å². The minimum atomic E-state index is -0.608. The Kier molecular flexibility index (Phi) is 3.76. The summed E-state index contributed by atoms with van der Waals surface area (Å²) in [6, 6.07) is 3.14. The fourth-order valence-electron chi connectivity index (χ4n) is 2.70. The topological polar surface area (TPSA) is 99.8 Å².